The van der Waals surface area contributed by atoms with Gasteiger partial charge in [0.1, 0.15) is 0 Å². The van der Waals surface area contributed by atoms with Crippen LogP contribution in [-0.4, -0.2) is 0 Å². The summed E-state index contributed by atoms with van der Waals surface area (Å²) >= 11 is 3.15. The molecule has 0 fully saturated rings. The lowest BCUT2D eigenvalue weighted by atomic mass is 10.1. The Morgan fingerprint density at radius 2 is 1.92 bits per heavy atom. The number of hydrogen-bond acceptors (Lipinski definition) is 0. The van der Waals surface area contributed by atoms with E-state index in [-0.39, 0.29) is 0 Å². The van der Waals surface area contributed by atoms with Crippen LogP contribution < -0.4 is 0 Å². The highest BCUT2D eigenvalue weighted by Crippen LogP contribution is 2.31. The standard InChI is InChI=1S/C9H7BrF3/c1-2-6-5-7(9(11,12)13)3-4-8(6)10/h3-5H,1-2H2. The topological polar surface area (TPSA) is 0 Å². The molecule has 0 aliphatic rings. The van der Waals surface area contributed by atoms with Gasteiger partial charge in [0.2, 0.25) is 0 Å². The number of benzene rings is 1. The molecule has 0 atom stereocenters. The zero-order valence-corrected chi connectivity index (χ0v) is 8.24. The smallest absolute Gasteiger partial charge is 0.166 e. The minimum Gasteiger partial charge on any atom is -0.166 e. The zero-order chi connectivity index (χ0) is 10.1. The Morgan fingerprint density at radius 3 is 2.38 bits per heavy atom. The van der Waals surface area contributed by atoms with Crippen molar-refractivity contribution in [3.63, 3.8) is 0 Å². The highest BCUT2D eigenvalue weighted by atomic mass is 79.9. The van der Waals surface area contributed by atoms with Crippen LogP contribution in [0.1, 0.15) is 11.1 Å². The Hall–Kier alpha value is -0.510. The Morgan fingerprint density at radius 1 is 1.31 bits per heavy atom. The molecule has 0 N–H and O–H groups in total. The minimum atomic E-state index is -4.27. The fourth-order valence-electron chi connectivity index (χ4n) is 0.943. The first-order valence-corrected chi connectivity index (χ1v) is 4.39. The third-order valence-electron chi connectivity index (χ3n) is 1.64. The maximum atomic E-state index is 12.2. The molecule has 71 valence electrons. The minimum absolute atomic E-state index is 0.338. The van der Waals surface area contributed by atoms with E-state index in [1.165, 1.54) is 6.07 Å². The van der Waals surface area contributed by atoms with E-state index in [0.29, 0.717) is 16.5 Å². The third kappa shape index (κ3) is 2.46. The molecule has 0 aliphatic heterocycles. The average Bonchev–Trinajstić information content (AvgIpc) is 2.03. The number of rotatable bonds is 1. The molecule has 0 nitrogen and oxygen atoms in total. The molecule has 1 rings (SSSR count). The maximum absolute atomic E-state index is 12.2. The highest BCUT2D eigenvalue weighted by Gasteiger charge is 2.30. The van der Waals surface area contributed by atoms with E-state index in [1.54, 1.807) is 0 Å². The summed E-state index contributed by atoms with van der Waals surface area (Å²) in [5.41, 5.74) is -0.0656. The summed E-state index contributed by atoms with van der Waals surface area (Å²) in [5, 5.41) is 0. The Bertz CT molecular complexity index is 304. The van der Waals surface area contributed by atoms with Gasteiger partial charge in [-0.15, -0.1) is 0 Å². The molecule has 0 saturated carbocycles. The van der Waals surface area contributed by atoms with Gasteiger partial charge in [0, 0.05) is 4.47 Å². The molecule has 0 spiro atoms. The van der Waals surface area contributed by atoms with Gasteiger partial charge in [-0.05, 0) is 37.1 Å². The molecule has 1 aromatic carbocycles. The molecule has 1 aromatic rings. The molecule has 0 saturated heterocycles. The molecular formula is C9H7BrF3. The molecule has 0 unspecified atom stereocenters. The predicted molar refractivity (Wildman–Crippen MR) is 48.2 cm³/mol. The quantitative estimate of drug-likeness (QED) is 0.712. The van der Waals surface area contributed by atoms with Gasteiger partial charge in [-0.2, -0.15) is 13.2 Å². The first kappa shape index (κ1) is 10.6. The van der Waals surface area contributed by atoms with E-state index < -0.39 is 11.7 Å². The second-order valence-electron chi connectivity index (χ2n) is 2.55. The highest BCUT2D eigenvalue weighted by molar-refractivity contribution is 9.10. The normalized spacial score (nSPS) is 11.8. The van der Waals surface area contributed by atoms with Gasteiger partial charge in [-0.25, -0.2) is 0 Å². The first-order valence-electron chi connectivity index (χ1n) is 3.60. The lowest BCUT2D eigenvalue weighted by Gasteiger charge is -2.08. The van der Waals surface area contributed by atoms with Crippen LogP contribution in [0.3, 0.4) is 0 Å². The maximum Gasteiger partial charge on any atom is 0.416 e. The van der Waals surface area contributed by atoms with Crippen molar-refractivity contribution in [3.05, 3.63) is 40.7 Å². The monoisotopic (exact) mass is 251 g/mol. The van der Waals surface area contributed by atoms with Crippen molar-refractivity contribution in [3.8, 4) is 0 Å². The zero-order valence-electron chi connectivity index (χ0n) is 6.66. The number of alkyl halides is 3. The van der Waals surface area contributed by atoms with Gasteiger partial charge < -0.3 is 0 Å². The van der Waals surface area contributed by atoms with Crippen molar-refractivity contribution in [2.75, 3.05) is 0 Å². The van der Waals surface area contributed by atoms with Crippen LogP contribution in [-0.2, 0) is 12.6 Å². The largest absolute Gasteiger partial charge is 0.416 e. The van der Waals surface area contributed by atoms with Crippen LogP contribution in [0, 0.1) is 6.92 Å². The molecular weight excluding hydrogens is 245 g/mol. The van der Waals surface area contributed by atoms with Crippen molar-refractivity contribution in [1.82, 2.24) is 0 Å². The summed E-state index contributed by atoms with van der Waals surface area (Å²) in [7, 11) is 0. The summed E-state index contributed by atoms with van der Waals surface area (Å²) in [6.45, 7) is 3.54. The molecule has 0 heterocycles. The third-order valence-corrected chi connectivity index (χ3v) is 2.42. The van der Waals surface area contributed by atoms with E-state index in [0.717, 1.165) is 12.1 Å². The average molecular weight is 252 g/mol. The van der Waals surface area contributed by atoms with Gasteiger partial charge in [0.25, 0.3) is 0 Å². The first-order chi connectivity index (χ1) is 5.95. The second kappa shape index (κ2) is 3.70. The predicted octanol–water partition coefficient (Wildman–Crippen LogP) is 3.84. The summed E-state index contributed by atoms with van der Waals surface area (Å²) in [5.74, 6) is 0. The van der Waals surface area contributed by atoms with Crippen molar-refractivity contribution < 1.29 is 13.2 Å². The van der Waals surface area contributed by atoms with E-state index in [2.05, 4.69) is 22.9 Å². The SMILES string of the molecule is [CH2]Cc1cc(C(F)(F)F)ccc1Br. The van der Waals surface area contributed by atoms with Crippen molar-refractivity contribution in [2.45, 2.75) is 12.6 Å². The van der Waals surface area contributed by atoms with E-state index in [9.17, 15) is 13.2 Å². The molecule has 0 amide bonds. The Labute approximate surface area is 82.9 Å². The fourth-order valence-corrected chi connectivity index (χ4v) is 1.39. The van der Waals surface area contributed by atoms with Crippen LogP contribution in [0.15, 0.2) is 22.7 Å². The van der Waals surface area contributed by atoms with Crippen LogP contribution >= 0.6 is 15.9 Å². The van der Waals surface area contributed by atoms with Crippen LogP contribution in [0.5, 0.6) is 0 Å². The van der Waals surface area contributed by atoms with Crippen LogP contribution in [0.4, 0.5) is 13.2 Å². The Balaban J connectivity index is 3.14. The lowest BCUT2D eigenvalue weighted by Crippen LogP contribution is -2.05. The van der Waals surface area contributed by atoms with Crippen molar-refractivity contribution >= 4 is 15.9 Å². The number of hydrogen-bond donors (Lipinski definition) is 0. The molecule has 1 radical (unpaired) electrons. The van der Waals surface area contributed by atoms with Crippen molar-refractivity contribution in [2.24, 2.45) is 0 Å². The number of halogens is 4. The summed E-state index contributed by atoms with van der Waals surface area (Å²) in [6.07, 6.45) is -3.94. The molecule has 4 heteroatoms. The van der Waals surface area contributed by atoms with Gasteiger partial charge in [-0.3, -0.25) is 0 Å². The molecule has 13 heavy (non-hydrogen) atoms. The van der Waals surface area contributed by atoms with E-state index >= 15 is 0 Å². The van der Waals surface area contributed by atoms with E-state index in [1.807, 2.05) is 0 Å². The molecule has 0 aliphatic carbocycles. The summed E-state index contributed by atoms with van der Waals surface area (Å²) in [6, 6.07) is 3.55. The van der Waals surface area contributed by atoms with Gasteiger partial charge >= 0.3 is 6.18 Å². The van der Waals surface area contributed by atoms with Gasteiger partial charge in [-0.1, -0.05) is 15.9 Å². The van der Waals surface area contributed by atoms with Gasteiger partial charge in [0.15, 0.2) is 0 Å². The molecule has 0 aromatic heterocycles. The van der Waals surface area contributed by atoms with Crippen molar-refractivity contribution in [1.29, 1.82) is 0 Å². The lowest BCUT2D eigenvalue weighted by molar-refractivity contribution is -0.137. The van der Waals surface area contributed by atoms with Crippen LogP contribution in [0.2, 0.25) is 0 Å². The van der Waals surface area contributed by atoms with E-state index in [4.69, 9.17) is 0 Å². The van der Waals surface area contributed by atoms with Gasteiger partial charge in [0.05, 0.1) is 5.56 Å². The van der Waals surface area contributed by atoms with Crippen LogP contribution in [0.25, 0.3) is 0 Å². The Kier molecular flexibility index (Phi) is 3.01. The summed E-state index contributed by atoms with van der Waals surface area (Å²) < 4.78 is 37.3. The molecule has 0 bridgehead atoms. The summed E-state index contributed by atoms with van der Waals surface area (Å²) in [4.78, 5) is 0. The second-order valence-corrected chi connectivity index (χ2v) is 3.41. The fraction of sp³-hybridized carbons (Fsp3) is 0.222.